The van der Waals surface area contributed by atoms with Crippen molar-refractivity contribution in [1.29, 1.82) is 0 Å². The molecule has 2 rings (SSSR count). The zero-order valence-electron chi connectivity index (χ0n) is 11.0. The van der Waals surface area contributed by atoms with E-state index in [-0.39, 0.29) is 6.10 Å². The summed E-state index contributed by atoms with van der Waals surface area (Å²) < 4.78 is 0. The van der Waals surface area contributed by atoms with Crippen molar-refractivity contribution in [2.75, 3.05) is 0 Å². The molecule has 0 aliphatic heterocycles. The molecule has 4 atom stereocenters. The second kappa shape index (κ2) is 5.53. The Morgan fingerprint density at radius 1 is 1.00 bits per heavy atom. The van der Waals surface area contributed by atoms with Crippen LogP contribution >= 0.6 is 0 Å². The fraction of sp³-hybridized carbons (Fsp3) is 1.00. The summed E-state index contributed by atoms with van der Waals surface area (Å²) in [6.07, 6.45) is 10.8. The van der Waals surface area contributed by atoms with Gasteiger partial charge in [-0.3, -0.25) is 0 Å². The third kappa shape index (κ3) is 3.00. The van der Waals surface area contributed by atoms with Crippen LogP contribution in [0, 0.1) is 23.7 Å². The molecule has 0 aromatic rings. The first-order valence-electron chi connectivity index (χ1n) is 7.35. The minimum atomic E-state index is -0.0251. The summed E-state index contributed by atoms with van der Waals surface area (Å²) in [5.41, 5.74) is 0. The lowest BCUT2D eigenvalue weighted by Crippen LogP contribution is -2.33. The van der Waals surface area contributed by atoms with Crippen molar-refractivity contribution in [3.63, 3.8) is 0 Å². The Morgan fingerprint density at radius 2 is 1.69 bits per heavy atom. The molecule has 0 amide bonds. The summed E-state index contributed by atoms with van der Waals surface area (Å²) in [7, 11) is 0. The quantitative estimate of drug-likeness (QED) is 0.768. The highest BCUT2D eigenvalue weighted by atomic mass is 16.3. The van der Waals surface area contributed by atoms with Crippen molar-refractivity contribution in [3.05, 3.63) is 0 Å². The van der Waals surface area contributed by atoms with Gasteiger partial charge in [0, 0.05) is 0 Å². The van der Waals surface area contributed by atoms with Crippen LogP contribution < -0.4 is 0 Å². The van der Waals surface area contributed by atoms with Crippen LogP contribution in [-0.4, -0.2) is 11.2 Å². The molecule has 94 valence electrons. The Balaban J connectivity index is 1.84. The zero-order chi connectivity index (χ0) is 11.5. The van der Waals surface area contributed by atoms with Gasteiger partial charge in [0.1, 0.15) is 0 Å². The summed E-state index contributed by atoms with van der Waals surface area (Å²) in [6, 6.07) is 0. The molecule has 1 heteroatoms. The SMILES string of the molecule is CC(C)CC(O)C1CCC2CCCCC2C1. The van der Waals surface area contributed by atoms with Gasteiger partial charge < -0.3 is 5.11 Å². The highest BCUT2D eigenvalue weighted by molar-refractivity contribution is 4.85. The molecule has 2 aliphatic carbocycles. The number of aliphatic hydroxyl groups excluding tert-OH is 1. The van der Waals surface area contributed by atoms with Gasteiger partial charge in [-0.15, -0.1) is 0 Å². The normalized spacial score (nSPS) is 37.1. The molecular formula is C15H28O. The Labute approximate surface area is 101 Å². The molecule has 0 heterocycles. The molecule has 4 unspecified atom stereocenters. The first-order chi connectivity index (χ1) is 7.66. The summed E-state index contributed by atoms with van der Waals surface area (Å²) >= 11 is 0. The fourth-order valence-corrected chi connectivity index (χ4v) is 3.93. The van der Waals surface area contributed by atoms with E-state index < -0.39 is 0 Å². The van der Waals surface area contributed by atoms with Gasteiger partial charge in [0.05, 0.1) is 6.10 Å². The molecule has 0 spiro atoms. The smallest absolute Gasteiger partial charge is 0.0570 e. The van der Waals surface area contributed by atoms with E-state index in [1.807, 2.05) is 0 Å². The maximum atomic E-state index is 10.2. The monoisotopic (exact) mass is 224 g/mol. The second-order valence-corrected chi connectivity index (χ2v) is 6.57. The van der Waals surface area contributed by atoms with E-state index in [0.717, 1.165) is 18.3 Å². The molecule has 0 radical (unpaired) electrons. The molecule has 0 aromatic heterocycles. The summed E-state index contributed by atoms with van der Waals surface area (Å²) in [5, 5.41) is 10.2. The largest absolute Gasteiger partial charge is 0.393 e. The standard InChI is InChI=1S/C15H28O/c1-11(2)9-15(16)14-8-7-12-5-3-4-6-13(12)10-14/h11-16H,3-10H2,1-2H3. The van der Waals surface area contributed by atoms with Crippen LogP contribution in [0.15, 0.2) is 0 Å². The van der Waals surface area contributed by atoms with Crippen molar-refractivity contribution < 1.29 is 5.11 Å². The predicted molar refractivity (Wildman–Crippen MR) is 68.3 cm³/mol. The molecule has 1 N–H and O–H groups in total. The third-order valence-electron chi connectivity index (χ3n) is 4.84. The van der Waals surface area contributed by atoms with Crippen molar-refractivity contribution in [2.24, 2.45) is 23.7 Å². The van der Waals surface area contributed by atoms with Gasteiger partial charge in [-0.2, -0.15) is 0 Å². The molecule has 2 aliphatic rings. The van der Waals surface area contributed by atoms with Crippen LogP contribution in [0.3, 0.4) is 0 Å². The second-order valence-electron chi connectivity index (χ2n) is 6.57. The third-order valence-corrected chi connectivity index (χ3v) is 4.84. The minimum Gasteiger partial charge on any atom is -0.393 e. The van der Waals surface area contributed by atoms with Crippen LogP contribution in [0.2, 0.25) is 0 Å². The first kappa shape index (κ1) is 12.4. The highest BCUT2D eigenvalue weighted by Crippen LogP contribution is 2.44. The number of rotatable bonds is 3. The number of hydrogen-bond donors (Lipinski definition) is 1. The molecule has 1 nitrogen and oxygen atoms in total. The van der Waals surface area contributed by atoms with Gasteiger partial charge >= 0.3 is 0 Å². The van der Waals surface area contributed by atoms with Gasteiger partial charge in [0.2, 0.25) is 0 Å². The Morgan fingerprint density at radius 3 is 2.38 bits per heavy atom. The Kier molecular flexibility index (Phi) is 4.29. The van der Waals surface area contributed by atoms with E-state index in [2.05, 4.69) is 13.8 Å². The van der Waals surface area contributed by atoms with Crippen molar-refractivity contribution in [1.82, 2.24) is 0 Å². The fourth-order valence-electron chi connectivity index (χ4n) is 3.93. The average molecular weight is 224 g/mol. The molecule has 0 aromatic carbocycles. The molecule has 16 heavy (non-hydrogen) atoms. The maximum Gasteiger partial charge on any atom is 0.0570 e. The topological polar surface area (TPSA) is 20.2 Å². The van der Waals surface area contributed by atoms with E-state index in [0.29, 0.717) is 11.8 Å². The van der Waals surface area contributed by atoms with Gasteiger partial charge in [-0.1, -0.05) is 39.5 Å². The van der Waals surface area contributed by atoms with Crippen LogP contribution in [0.4, 0.5) is 0 Å². The van der Waals surface area contributed by atoms with Gasteiger partial charge in [0.25, 0.3) is 0 Å². The lowest BCUT2D eigenvalue weighted by molar-refractivity contribution is 0.0246. The maximum absolute atomic E-state index is 10.2. The van der Waals surface area contributed by atoms with Crippen molar-refractivity contribution >= 4 is 0 Å². The van der Waals surface area contributed by atoms with Gasteiger partial charge in [-0.05, 0) is 49.4 Å². The van der Waals surface area contributed by atoms with Crippen LogP contribution in [0.5, 0.6) is 0 Å². The number of aliphatic hydroxyl groups is 1. The number of fused-ring (bicyclic) bond motifs is 1. The van der Waals surface area contributed by atoms with Crippen molar-refractivity contribution in [2.45, 2.75) is 71.3 Å². The minimum absolute atomic E-state index is 0.0251. The number of hydrogen-bond acceptors (Lipinski definition) is 1. The van der Waals surface area contributed by atoms with E-state index in [1.54, 1.807) is 0 Å². The van der Waals surface area contributed by atoms with Crippen LogP contribution in [-0.2, 0) is 0 Å². The molecule has 2 saturated carbocycles. The summed E-state index contributed by atoms with van der Waals surface area (Å²) in [5.74, 6) is 3.21. The molecular weight excluding hydrogens is 196 g/mol. The summed E-state index contributed by atoms with van der Waals surface area (Å²) in [6.45, 7) is 4.44. The van der Waals surface area contributed by atoms with Crippen LogP contribution in [0.1, 0.15) is 65.2 Å². The van der Waals surface area contributed by atoms with Crippen molar-refractivity contribution in [3.8, 4) is 0 Å². The predicted octanol–water partition coefficient (Wildman–Crippen LogP) is 4.00. The van der Waals surface area contributed by atoms with Gasteiger partial charge in [0.15, 0.2) is 0 Å². The van der Waals surface area contributed by atoms with E-state index in [9.17, 15) is 5.11 Å². The summed E-state index contributed by atoms with van der Waals surface area (Å²) in [4.78, 5) is 0. The highest BCUT2D eigenvalue weighted by Gasteiger charge is 2.34. The lowest BCUT2D eigenvalue weighted by atomic mass is 9.66. The first-order valence-corrected chi connectivity index (χ1v) is 7.35. The van der Waals surface area contributed by atoms with E-state index in [4.69, 9.17) is 0 Å². The average Bonchev–Trinajstić information content (AvgIpc) is 2.27. The Bertz CT molecular complexity index is 211. The Hall–Kier alpha value is -0.0400. The van der Waals surface area contributed by atoms with Crippen LogP contribution in [0.25, 0.3) is 0 Å². The molecule has 0 saturated heterocycles. The lowest BCUT2D eigenvalue weighted by Gasteiger charge is -2.41. The van der Waals surface area contributed by atoms with E-state index >= 15 is 0 Å². The van der Waals surface area contributed by atoms with E-state index in [1.165, 1.54) is 44.9 Å². The molecule has 0 bridgehead atoms. The van der Waals surface area contributed by atoms with Gasteiger partial charge in [-0.25, -0.2) is 0 Å². The zero-order valence-corrected chi connectivity index (χ0v) is 11.0. The molecule has 2 fully saturated rings.